The first-order chi connectivity index (χ1) is 14.6. The molecule has 0 radical (unpaired) electrons. The summed E-state index contributed by atoms with van der Waals surface area (Å²) in [5, 5.41) is 4.71. The van der Waals surface area contributed by atoms with E-state index in [0.717, 1.165) is 24.3 Å². The van der Waals surface area contributed by atoms with Gasteiger partial charge in [-0.1, -0.05) is 11.6 Å². The van der Waals surface area contributed by atoms with E-state index in [1.807, 2.05) is 0 Å². The number of sulfonamides is 1. The third-order valence-corrected chi connectivity index (χ3v) is 7.08. The lowest BCUT2D eigenvalue weighted by Crippen LogP contribution is -2.41. The van der Waals surface area contributed by atoms with Crippen molar-refractivity contribution in [3.05, 3.63) is 53.1 Å². The van der Waals surface area contributed by atoms with Gasteiger partial charge in [0.15, 0.2) is 0 Å². The first-order valence-electron chi connectivity index (χ1n) is 9.41. The zero-order valence-electron chi connectivity index (χ0n) is 16.5. The lowest BCUT2D eigenvalue weighted by atomic mass is 9.97. The molecule has 7 nitrogen and oxygen atoms in total. The van der Waals surface area contributed by atoms with Crippen LogP contribution in [-0.4, -0.2) is 37.6 Å². The summed E-state index contributed by atoms with van der Waals surface area (Å²) in [6, 6.07) is 6.99. The highest BCUT2D eigenvalue weighted by molar-refractivity contribution is 7.89. The molecule has 11 heteroatoms. The number of piperidine rings is 1. The first kappa shape index (κ1) is 23.1. The van der Waals surface area contributed by atoms with E-state index in [1.54, 1.807) is 0 Å². The second-order valence-electron chi connectivity index (χ2n) is 7.12. The lowest BCUT2D eigenvalue weighted by molar-refractivity contribution is -0.121. The average Bonchev–Trinajstić information content (AvgIpc) is 2.72. The Morgan fingerprint density at radius 1 is 1.03 bits per heavy atom. The topological polar surface area (TPSA) is 95.6 Å². The predicted molar refractivity (Wildman–Crippen MR) is 112 cm³/mol. The molecule has 0 saturated carbocycles. The molecule has 1 heterocycles. The minimum atomic E-state index is -3.88. The molecular formula is C20H20ClF2N3O4S. The summed E-state index contributed by atoms with van der Waals surface area (Å²) >= 11 is 5.69. The Kier molecular flexibility index (Phi) is 6.93. The molecule has 31 heavy (non-hydrogen) atoms. The molecule has 1 aliphatic heterocycles. The largest absolute Gasteiger partial charge is 0.326 e. The lowest BCUT2D eigenvalue weighted by Gasteiger charge is -2.30. The van der Waals surface area contributed by atoms with Crippen molar-refractivity contribution in [2.45, 2.75) is 24.7 Å². The SMILES string of the molecule is CC(=O)Nc1ccc(F)c(NC(=O)C2CCN(S(=O)(=O)c3ccc(F)c(Cl)c3)CC2)c1. The summed E-state index contributed by atoms with van der Waals surface area (Å²) in [5.74, 6) is -2.67. The number of anilines is 2. The third-order valence-electron chi connectivity index (χ3n) is 4.90. The molecule has 1 fully saturated rings. The number of benzene rings is 2. The van der Waals surface area contributed by atoms with Gasteiger partial charge in [-0.2, -0.15) is 4.31 Å². The zero-order chi connectivity index (χ0) is 22.8. The van der Waals surface area contributed by atoms with Gasteiger partial charge < -0.3 is 10.6 Å². The normalized spacial score (nSPS) is 15.5. The standard InChI is InChI=1S/C20H20ClF2N3O4S/c1-12(27)24-14-2-4-18(23)19(10-14)25-20(28)13-6-8-26(9-7-13)31(29,30)15-3-5-17(22)16(21)11-15/h2-5,10-11,13H,6-9H2,1H3,(H,24,27)(H,25,28). The number of halogens is 3. The maximum Gasteiger partial charge on any atom is 0.243 e. The van der Waals surface area contributed by atoms with Crippen molar-refractivity contribution in [1.82, 2.24) is 4.31 Å². The monoisotopic (exact) mass is 471 g/mol. The van der Waals surface area contributed by atoms with Gasteiger partial charge in [-0.05, 0) is 49.2 Å². The van der Waals surface area contributed by atoms with E-state index in [1.165, 1.54) is 23.4 Å². The van der Waals surface area contributed by atoms with Crippen molar-refractivity contribution < 1.29 is 26.8 Å². The maximum absolute atomic E-state index is 14.0. The van der Waals surface area contributed by atoms with Crippen molar-refractivity contribution in [2.75, 3.05) is 23.7 Å². The highest BCUT2D eigenvalue weighted by atomic mass is 35.5. The molecule has 0 spiro atoms. The van der Waals surface area contributed by atoms with E-state index < -0.39 is 33.5 Å². The van der Waals surface area contributed by atoms with Crippen LogP contribution in [0.25, 0.3) is 0 Å². The van der Waals surface area contributed by atoms with Crippen LogP contribution in [0.5, 0.6) is 0 Å². The molecule has 0 aromatic heterocycles. The second-order valence-corrected chi connectivity index (χ2v) is 9.46. The van der Waals surface area contributed by atoms with Crippen LogP contribution in [0.3, 0.4) is 0 Å². The molecule has 2 amide bonds. The van der Waals surface area contributed by atoms with Gasteiger partial charge in [-0.3, -0.25) is 9.59 Å². The molecule has 3 rings (SSSR count). The summed E-state index contributed by atoms with van der Waals surface area (Å²) in [7, 11) is -3.88. The minimum Gasteiger partial charge on any atom is -0.326 e. The van der Waals surface area contributed by atoms with Crippen molar-refractivity contribution >= 4 is 44.8 Å². The van der Waals surface area contributed by atoms with Gasteiger partial charge in [-0.25, -0.2) is 17.2 Å². The summed E-state index contributed by atoms with van der Waals surface area (Å²) in [4.78, 5) is 23.6. The maximum atomic E-state index is 14.0. The van der Waals surface area contributed by atoms with Crippen LogP contribution < -0.4 is 10.6 Å². The Morgan fingerprint density at radius 3 is 2.29 bits per heavy atom. The number of carbonyl (C=O) groups is 2. The molecule has 1 aliphatic rings. The molecule has 166 valence electrons. The van der Waals surface area contributed by atoms with Crippen LogP contribution in [0.4, 0.5) is 20.2 Å². The van der Waals surface area contributed by atoms with E-state index in [-0.39, 0.29) is 47.4 Å². The number of carbonyl (C=O) groups excluding carboxylic acids is 2. The van der Waals surface area contributed by atoms with Crippen LogP contribution in [0.1, 0.15) is 19.8 Å². The fourth-order valence-electron chi connectivity index (χ4n) is 3.28. The fourth-order valence-corrected chi connectivity index (χ4v) is 5.02. The number of nitrogens with zero attached hydrogens (tertiary/aromatic N) is 1. The Bertz CT molecular complexity index is 1120. The first-order valence-corrected chi connectivity index (χ1v) is 11.2. The van der Waals surface area contributed by atoms with Crippen molar-refractivity contribution in [3.63, 3.8) is 0 Å². The van der Waals surface area contributed by atoms with Crippen LogP contribution in [0, 0.1) is 17.6 Å². The van der Waals surface area contributed by atoms with Crippen molar-refractivity contribution in [3.8, 4) is 0 Å². The smallest absolute Gasteiger partial charge is 0.243 e. The van der Waals surface area contributed by atoms with Gasteiger partial charge >= 0.3 is 0 Å². The molecule has 0 atom stereocenters. The van der Waals surface area contributed by atoms with E-state index in [9.17, 15) is 26.8 Å². The molecular weight excluding hydrogens is 452 g/mol. The Morgan fingerprint density at radius 2 is 1.68 bits per heavy atom. The predicted octanol–water partition coefficient (Wildman–Crippen LogP) is 3.62. The summed E-state index contributed by atoms with van der Waals surface area (Å²) < 4.78 is 54.1. The summed E-state index contributed by atoms with van der Waals surface area (Å²) in [6.45, 7) is 1.46. The minimum absolute atomic E-state index is 0.0732. The van der Waals surface area contributed by atoms with Gasteiger partial charge in [0.1, 0.15) is 11.6 Å². The molecule has 0 aliphatic carbocycles. The quantitative estimate of drug-likeness (QED) is 0.696. The van der Waals surface area contributed by atoms with Crippen LogP contribution in [-0.2, 0) is 19.6 Å². The summed E-state index contributed by atoms with van der Waals surface area (Å²) in [6.07, 6.45) is 0.458. The highest BCUT2D eigenvalue weighted by Gasteiger charge is 2.32. The average molecular weight is 472 g/mol. The second kappa shape index (κ2) is 9.29. The van der Waals surface area contributed by atoms with E-state index in [4.69, 9.17) is 11.6 Å². The van der Waals surface area contributed by atoms with Crippen LogP contribution in [0.2, 0.25) is 5.02 Å². The molecule has 0 bridgehead atoms. The Labute approximate surface area is 183 Å². The van der Waals surface area contributed by atoms with Gasteiger partial charge in [-0.15, -0.1) is 0 Å². The molecule has 0 unspecified atom stereocenters. The fraction of sp³-hybridized carbons (Fsp3) is 0.300. The van der Waals surface area contributed by atoms with Gasteiger partial charge in [0.25, 0.3) is 0 Å². The summed E-state index contributed by atoms with van der Waals surface area (Å²) in [5.41, 5.74) is 0.260. The Balaban J connectivity index is 1.65. The van der Waals surface area contributed by atoms with Crippen molar-refractivity contribution in [2.24, 2.45) is 5.92 Å². The van der Waals surface area contributed by atoms with Crippen LogP contribution in [0.15, 0.2) is 41.3 Å². The van der Waals surface area contributed by atoms with Gasteiger partial charge in [0, 0.05) is 31.6 Å². The molecule has 2 N–H and O–H groups in total. The zero-order valence-corrected chi connectivity index (χ0v) is 18.1. The molecule has 2 aromatic rings. The number of hydrogen-bond acceptors (Lipinski definition) is 4. The van der Waals surface area contributed by atoms with E-state index in [0.29, 0.717) is 5.69 Å². The number of hydrogen-bond donors (Lipinski definition) is 2. The van der Waals surface area contributed by atoms with Crippen molar-refractivity contribution in [1.29, 1.82) is 0 Å². The van der Waals surface area contributed by atoms with Crippen LogP contribution >= 0.6 is 11.6 Å². The number of nitrogens with one attached hydrogen (secondary N) is 2. The number of amides is 2. The third kappa shape index (κ3) is 5.38. The Hall–Kier alpha value is -2.56. The molecule has 2 aromatic carbocycles. The van der Waals surface area contributed by atoms with Gasteiger partial charge in [0.05, 0.1) is 15.6 Å². The van der Waals surface area contributed by atoms with Gasteiger partial charge in [0.2, 0.25) is 21.8 Å². The van der Waals surface area contributed by atoms with E-state index in [2.05, 4.69) is 10.6 Å². The number of rotatable bonds is 5. The highest BCUT2D eigenvalue weighted by Crippen LogP contribution is 2.28. The van der Waals surface area contributed by atoms with E-state index >= 15 is 0 Å². The molecule has 1 saturated heterocycles.